The summed E-state index contributed by atoms with van der Waals surface area (Å²) in [6.07, 6.45) is 5.60. The first-order valence-corrected chi connectivity index (χ1v) is 6.84. The Hall–Kier alpha value is -1.62. The summed E-state index contributed by atoms with van der Waals surface area (Å²) in [7, 11) is 0. The Labute approximate surface area is 114 Å². The standard InChI is InChI=1S/C14H22N4O/c15-13-3-1-12(9-17-13)10-18-7-5-11(6-8-18)2-4-14(16)19/h1,3,9,11H,2,4-8,10H2,(H2,15,17)(H2,16,19). The molecule has 0 atom stereocenters. The van der Waals surface area contributed by atoms with Crippen molar-refractivity contribution < 1.29 is 4.79 Å². The number of hydrogen-bond donors (Lipinski definition) is 2. The Kier molecular flexibility index (Phi) is 4.74. The Balaban J connectivity index is 1.74. The monoisotopic (exact) mass is 262 g/mol. The Morgan fingerprint density at radius 1 is 1.37 bits per heavy atom. The summed E-state index contributed by atoms with van der Waals surface area (Å²) in [5, 5.41) is 0. The number of carbonyl (C=O) groups is 1. The zero-order valence-electron chi connectivity index (χ0n) is 11.2. The van der Waals surface area contributed by atoms with Gasteiger partial charge in [0.1, 0.15) is 5.82 Å². The molecule has 5 nitrogen and oxygen atoms in total. The minimum Gasteiger partial charge on any atom is -0.384 e. The van der Waals surface area contributed by atoms with Crippen LogP contribution in [0.2, 0.25) is 0 Å². The molecule has 0 bridgehead atoms. The molecule has 5 heteroatoms. The molecule has 1 aromatic rings. The van der Waals surface area contributed by atoms with Crippen LogP contribution in [-0.4, -0.2) is 28.9 Å². The summed E-state index contributed by atoms with van der Waals surface area (Å²) in [4.78, 5) is 17.3. The molecule has 1 fully saturated rings. The van der Waals surface area contributed by atoms with Crippen LogP contribution in [0.5, 0.6) is 0 Å². The van der Waals surface area contributed by atoms with Crippen molar-refractivity contribution in [3.63, 3.8) is 0 Å². The van der Waals surface area contributed by atoms with Gasteiger partial charge in [-0.3, -0.25) is 9.69 Å². The zero-order chi connectivity index (χ0) is 13.7. The van der Waals surface area contributed by atoms with Gasteiger partial charge >= 0.3 is 0 Å². The maximum absolute atomic E-state index is 10.8. The highest BCUT2D eigenvalue weighted by atomic mass is 16.1. The second-order valence-corrected chi connectivity index (χ2v) is 5.32. The van der Waals surface area contributed by atoms with Gasteiger partial charge < -0.3 is 11.5 Å². The lowest BCUT2D eigenvalue weighted by Crippen LogP contribution is -2.33. The maximum atomic E-state index is 10.8. The van der Waals surface area contributed by atoms with Gasteiger partial charge in [-0.2, -0.15) is 0 Å². The highest BCUT2D eigenvalue weighted by Crippen LogP contribution is 2.22. The summed E-state index contributed by atoms with van der Waals surface area (Å²) in [6.45, 7) is 3.08. The van der Waals surface area contributed by atoms with Crippen LogP contribution in [0.25, 0.3) is 0 Å². The van der Waals surface area contributed by atoms with Crippen molar-refractivity contribution in [3.05, 3.63) is 23.9 Å². The third-order valence-corrected chi connectivity index (χ3v) is 3.76. The van der Waals surface area contributed by atoms with Crippen LogP contribution in [0.3, 0.4) is 0 Å². The molecule has 1 saturated heterocycles. The van der Waals surface area contributed by atoms with Gasteiger partial charge in [0.25, 0.3) is 0 Å². The van der Waals surface area contributed by atoms with Gasteiger partial charge in [0.2, 0.25) is 5.91 Å². The first-order valence-electron chi connectivity index (χ1n) is 6.84. The molecule has 2 heterocycles. The van der Waals surface area contributed by atoms with Crippen LogP contribution in [-0.2, 0) is 11.3 Å². The van der Waals surface area contributed by atoms with Gasteiger partial charge in [-0.05, 0) is 49.9 Å². The van der Waals surface area contributed by atoms with Gasteiger partial charge in [0.05, 0.1) is 0 Å². The Bertz CT molecular complexity index is 410. The summed E-state index contributed by atoms with van der Waals surface area (Å²) >= 11 is 0. The third-order valence-electron chi connectivity index (χ3n) is 3.76. The number of pyridine rings is 1. The number of nitrogens with zero attached hydrogens (tertiary/aromatic N) is 2. The number of carbonyl (C=O) groups excluding carboxylic acids is 1. The second kappa shape index (κ2) is 6.52. The number of aromatic nitrogens is 1. The molecule has 2 rings (SSSR count). The van der Waals surface area contributed by atoms with E-state index in [-0.39, 0.29) is 5.91 Å². The van der Waals surface area contributed by atoms with E-state index in [1.807, 2.05) is 18.3 Å². The van der Waals surface area contributed by atoms with Gasteiger partial charge in [-0.15, -0.1) is 0 Å². The maximum Gasteiger partial charge on any atom is 0.217 e. The van der Waals surface area contributed by atoms with Gasteiger partial charge in [0.15, 0.2) is 0 Å². The minimum atomic E-state index is -0.185. The van der Waals surface area contributed by atoms with E-state index in [0.29, 0.717) is 18.2 Å². The van der Waals surface area contributed by atoms with E-state index in [1.54, 1.807) is 0 Å². The molecule has 0 aliphatic carbocycles. The van der Waals surface area contributed by atoms with Crippen molar-refractivity contribution in [2.45, 2.75) is 32.2 Å². The van der Waals surface area contributed by atoms with E-state index in [4.69, 9.17) is 11.5 Å². The SMILES string of the molecule is NC(=O)CCC1CCN(Cc2ccc(N)nc2)CC1. The number of primary amides is 1. The van der Waals surface area contributed by atoms with Crippen molar-refractivity contribution in [1.29, 1.82) is 0 Å². The van der Waals surface area contributed by atoms with E-state index < -0.39 is 0 Å². The first kappa shape index (κ1) is 13.8. The summed E-state index contributed by atoms with van der Waals surface area (Å²) in [5.74, 6) is 1.03. The lowest BCUT2D eigenvalue weighted by molar-refractivity contribution is -0.118. The average molecular weight is 262 g/mol. The number of nitrogen functional groups attached to an aromatic ring is 1. The van der Waals surface area contributed by atoms with Crippen LogP contribution in [0.1, 0.15) is 31.2 Å². The molecule has 0 radical (unpaired) electrons. The largest absolute Gasteiger partial charge is 0.384 e. The minimum absolute atomic E-state index is 0.185. The number of likely N-dealkylation sites (tertiary alicyclic amines) is 1. The molecular formula is C14H22N4O. The van der Waals surface area contributed by atoms with E-state index in [2.05, 4.69) is 9.88 Å². The number of nitrogens with two attached hydrogens (primary N) is 2. The smallest absolute Gasteiger partial charge is 0.217 e. The van der Waals surface area contributed by atoms with Crippen LogP contribution in [0, 0.1) is 5.92 Å². The molecule has 0 spiro atoms. The van der Waals surface area contributed by atoms with Gasteiger partial charge in [-0.1, -0.05) is 6.07 Å². The predicted octanol–water partition coefficient (Wildman–Crippen LogP) is 1.14. The van der Waals surface area contributed by atoms with Crippen molar-refractivity contribution in [2.75, 3.05) is 18.8 Å². The van der Waals surface area contributed by atoms with Crippen LogP contribution < -0.4 is 11.5 Å². The second-order valence-electron chi connectivity index (χ2n) is 5.32. The predicted molar refractivity (Wildman–Crippen MR) is 75.1 cm³/mol. The molecule has 104 valence electrons. The fourth-order valence-electron chi connectivity index (χ4n) is 2.57. The third kappa shape index (κ3) is 4.52. The Morgan fingerprint density at radius 2 is 2.11 bits per heavy atom. The number of rotatable bonds is 5. The summed E-state index contributed by atoms with van der Waals surface area (Å²) in [5.41, 5.74) is 12.0. The number of amides is 1. The lowest BCUT2D eigenvalue weighted by Gasteiger charge is -2.31. The normalized spacial score (nSPS) is 17.5. The lowest BCUT2D eigenvalue weighted by atomic mass is 9.92. The molecule has 0 unspecified atom stereocenters. The molecule has 1 aliphatic rings. The molecule has 0 aromatic carbocycles. The first-order chi connectivity index (χ1) is 9.13. The molecule has 4 N–H and O–H groups in total. The molecular weight excluding hydrogens is 240 g/mol. The van der Waals surface area contributed by atoms with Crippen molar-refractivity contribution >= 4 is 11.7 Å². The van der Waals surface area contributed by atoms with E-state index in [1.165, 1.54) is 5.56 Å². The van der Waals surface area contributed by atoms with Crippen LogP contribution in [0.15, 0.2) is 18.3 Å². The fourth-order valence-corrected chi connectivity index (χ4v) is 2.57. The van der Waals surface area contributed by atoms with E-state index in [0.717, 1.165) is 38.9 Å². The topological polar surface area (TPSA) is 85.2 Å². The number of piperidine rings is 1. The van der Waals surface area contributed by atoms with Gasteiger partial charge in [-0.25, -0.2) is 4.98 Å². The number of hydrogen-bond acceptors (Lipinski definition) is 4. The molecule has 0 saturated carbocycles. The van der Waals surface area contributed by atoms with Crippen molar-refractivity contribution in [1.82, 2.24) is 9.88 Å². The molecule has 1 amide bonds. The van der Waals surface area contributed by atoms with Crippen molar-refractivity contribution in [2.24, 2.45) is 11.7 Å². The van der Waals surface area contributed by atoms with E-state index in [9.17, 15) is 4.79 Å². The van der Waals surface area contributed by atoms with Gasteiger partial charge in [0, 0.05) is 19.2 Å². The zero-order valence-corrected chi connectivity index (χ0v) is 11.2. The molecule has 1 aromatic heterocycles. The summed E-state index contributed by atoms with van der Waals surface area (Å²) in [6, 6.07) is 3.87. The Morgan fingerprint density at radius 3 is 2.68 bits per heavy atom. The molecule has 19 heavy (non-hydrogen) atoms. The van der Waals surface area contributed by atoms with Crippen LogP contribution >= 0.6 is 0 Å². The highest BCUT2D eigenvalue weighted by molar-refractivity contribution is 5.73. The summed E-state index contributed by atoms with van der Waals surface area (Å²) < 4.78 is 0. The van der Waals surface area contributed by atoms with Crippen molar-refractivity contribution in [3.8, 4) is 0 Å². The van der Waals surface area contributed by atoms with Crippen LogP contribution in [0.4, 0.5) is 5.82 Å². The highest BCUT2D eigenvalue weighted by Gasteiger charge is 2.19. The average Bonchev–Trinajstić information content (AvgIpc) is 2.40. The fraction of sp³-hybridized carbons (Fsp3) is 0.571. The molecule has 1 aliphatic heterocycles. The quantitative estimate of drug-likeness (QED) is 0.833. The number of anilines is 1. The van der Waals surface area contributed by atoms with E-state index >= 15 is 0 Å².